The average molecular weight is 824 g/mol. The number of rotatable bonds is 20. The molecule has 2 aromatic carbocycles. The van der Waals surface area contributed by atoms with Crippen molar-refractivity contribution in [1.82, 2.24) is 15.5 Å². The normalized spacial score (nSPS) is 19.8. The van der Waals surface area contributed by atoms with Crippen LogP contribution in [0.3, 0.4) is 0 Å². The number of aromatic nitrogens is 2. The molecule has 1 amide bonds. The predicted molar refractivity (Wildman–Crippen MR) is 208 cm³/mol. The van der Waals surface area contributed by atoms with Gasteiger partial charge in [-0.05, 0) is 48.6 Å². The molecule has 3 aromatic rings. The standard InChI is InChI=1S/C42H53N3O14/c1-24(2)36-33(21-31-14-15-32(20-25(31)3)52-19-16-35(51)43-42(8,17-18-46)54-22-30-12-10-9-11-13-30)40(45-44-36)59-41-39(57-29(7)50)38(56-28(6)49)37(55-27(5)48)34(58-41)23-53-26(4)47/h9-15,18,20,24,34,37-39,41H,16-17,19,21-23H2,1-8H3,(H,43,51)(H,44,45)/t34-,37-,38+,39-,41+,42?/m1/s1. The summed E-state index contributed by atoms with van der Waals surface area (Å²) in [7, 11) is 0. The van der Waals surface area contributed by atoms with E-state index in [1.807, 2.05) is 63.2 Å². The van der Waals surface area contributed by atoms with Crippen LogP contribution in [-0.2, 0) is 70.2 Å². The number of esters is 4. The molecule has 1 aliphatic heterocycles. The number of aldehydes is 1. The van der Waals surface area contributed by atoms with E-state index in [0.29, 0.717) is 24.0 Å². The van der Waals surface area contributed by atoms with Gasteiger partial charge < -0.3 is 48.0 Å². The number of carbonyl (C=O) groups excluding carboxylic acids is 6. The summed E-state index contributed by atoms with van der Waals surface area (Å²) in [6.07, 6.45) is -5.88. The van der Waals surface area contributed by atoms with Crippen molar-refractivity contribution in [3.8, 4) is 11.6 Å². The summed E-state index contributed by atoms with van der Waals surface area (Å²) in [5, 5.41) is 10.3. The molecule has 17 nitrogen and oxygen atoms in total. The van der Waals surface area contributed by atoms with Crippen molar-refractivity contribution in [3.05, 3.63) is 76.5 Å². The molecule has 320 valence electrons. The van der Waals surface area contributed by atoms with Crippen molar-refractivity contribution in [1.29, 1.82) is 0 Å². The number of hydrogen-bond acceptors (Lipinski definition) is 15. The van der Waals surface area contributed by atoms with E-state index in [0.717, 1.165) is 43.2 Å². The summed E-state index contributed by atoms with van der Waals surface area (Å²) in [6, 6.07) is 14.9. The number of aryl methyl sites for hydroxylation is 1. The van der Waals surface area contributed by atoms with Gasteiger partial charge in [0.05, 0.1) is 26.1 Å². The van der Waals surface area contributed by atoms with Gasteiger partial charge in [-0.3, -0.25) is 29.1 Å². The van der Waals surface area contributed by atoms with Crippen molar-refractivity contribution >= 4 is 36.1 Å². The molecule has 4 rings (SSSR count). The fourth-order valence-electron chi connectivity index (χ4n) is 6.39. The smallest absolute Gasteiger partial charge is 0.303 e. The Balaban J connectivity index is 1.50. The quantitative estimate of drug-likeness (QED) is 0.0703. The van der Waals surface area contributed by atoms with Crippen LogP contribution in [0.25, 0.3) is 0 Å². The molecule has 2 N–H and O–H groups in total. The Labute approximate surface area is 342 Å². The third kappa shape index (κ3) is 13.6. The Morgan fingerprint density at radius 1 is 0.915 bits per heavy atom. The zero-order valence-corrected chi connectivity index (χ0v) is 34.6. The minimum absolute atomic E-state index is 0.0106. The second-order valence-electron chi connectivity index (χ2n) is 14.5. The number of H-pyrrole nitrogens is 1. The summed E-state index contributed by atoms with van der Waals surface area (Å²) in [6.45, 7) is 11.9. The fraction of sp³-hybridized carbons (Fsp3) is 0.500. The van der Waals surface area contributed by atoms with Crippen LogP contribution in [-0.4, -0.2) is 95.9 Å². The number of carbonyl (C=O) groups is 6. The first kappa shape index (κ1) is 45.9. The number of hydrogen-bond donors (Lipinski definition) is 2. The lowest BCUT2D eigenvalue weighted by molar-refractivity contribution is -0.289. The summed E-state index contributed by atoms with van der Waals surface area (Å²) >= 11 is 0. The van der Waals surface area contributed by atoms with E-state index in [-0.39, 0.29) is 43.8 Å². The molecule has 1 fully saturated rings. The van der Waals surface area contributed by atoms with Crippen LogP contribution in [0, 0.1) is 6.92 Å². The van der Waals surface area contributed by atoms with Crippen molar-refractivity contribution in [2.75, 3.05) is 13.2 Å². The van der Waals surface area contributed by atoms with Crippen molar-refractivity contribution in [2.24, 2.45) is 0 Å². The van der Waals surface area contributed by atoms with Crippen molar-refractivity contribution in [2.45, 2.75) is 124 Å². The molecule has 1 saturated heterocycles. The molecule has 59 heavy (non-hydrogen) atoms. The molecule has 0 aliphatic carbocycles. The maximum atomic E-state index is 12.9. The zero-order valence-electron chi connectivity index (χ0n) is 34.6. The number of nitrogens with zero attached hydrogens (tertiary/aromatic N) is 1. The Morgan fingerprint density at radius 2 is 1.58 bits per heavy atom. The van der Waals surface area contributed by atoms with Gasteiger partial charge in [-0.1, -0.05) is 50.2 Å². The summed E-state index contributed by atoms with van der Waals surface area (Å²) < 4.78 is 46.1. The number of ether oxygens (including phenoxy) is 8. The van der Waals surface area contributed by atoms with Crippen molar-refractivity contribution < 1.29 is 66.7 Å². The molecule has 0 saturated carbocycles. The van der Waals surface area contributed by atoms with Gasteiger partial charge in [-0.25, -0.2) is 0 Å². The lowest BCUT2D eigenvalue weighted by atomic mass is 9.96. The SMILES string of the molecule is CC(=O)OC[C@H]1O[C@@H](Oc2n[nH]c(C(C)C)c2Cc2ccc(OCCC(=O)NC(C)(CC=O)OCc3ccccc3)cc2C)[C@H](OC(C)=O)[C@@H](OC(C)=O)[C@@H]1OC(C)=O. The number of benzene rings is 2. The highest BCUT2D eigenvalue weighted by Crippen LogP contribution is 2.35. The van der Waals surface area contributed by atoms with E-state index in [9.17, 15) is 28.8 Å². The Hall–Kier alpha value is -5.81. The van der Waals surface area contributed by atoms with E-state index < -0.39 is 66.9 Å². The lowest BCUT2D eigenvalue weighted by Gasteiger charge is -2.43. The molecular weight excluding hydrogens is 770 g/mol. The molecule has 1 unspecified atom stereocenters. The largest absolute Gasteiger partial charge is 0.493 e. The van der Waals surface area contributed by atoms with Crippen LogP contribution in [0.4, 0.5) is 0 Å². The third-order valence-corrected chi connectivity index (χ3v) is 9.17. The molecule has 17 heteroatoms. The van der Waals surface area contributed by atoms with Gasteiger partial charge in [0.25, 0.3) is 0 Å². The minimum Gasteiger partial charge on any atom is -0.493 e. The Kier molecular flexibility index (Phi) is 16.5. The van der Waals surface area contributed by atoms with Crippen molar-refractivity contribution in [3.63, 3.8) is 0 Å². The molecular formula is C42H53N3O14. The Bertz CT molecular complexity index is 1930. The van der Waals surface area contributed by atoms with E-state index in [1.165, 1.54) is 6.92 Å². The van der Waals surface area contributed by atoms with Gasteiger partial charge in [-0.2, -0.15) is 0 Å². The summed E-state index contributed by atoms with van der Waals surface area (Å²) in [4.78, 5) is 72.8. The maximum Gasteiger partial charge on any atom is 0.303 e. The zero-order chi connectivity index (χ0) is 43.3. The predicted octanol–water partition coefficient (Wildman–Crippen LogP) is 4.30. The number of nitrogens with one attached hydrogen (secondary N) is 2. The highest BCUT2D eigenvalue weighted by molar-refractivity contribution is 5.77. The number of amides is 1. The molecule has 0 bridgehead atoms. The van der Waals surface area contributed by atoms with Gasteiger partial charge >= 0.3 is 23.9 Å². The van der Waals surface area contributed by atoms with Crippen LogP contribution in [0.15, 0.2) is 48.5 Å². The second kappa shape index (κ2) is 21.3. The highest BCUT2D eigenvalue weighted by Gasteiger charge is 2.53. The molecule has 0 radical (unpaired) electrons. The van der Waals surface area contributed by atoms with Crippen LogP contribution in [0.5, 0.6) is 11.6 Å². The van der Waals surface area contributed by atoms with Gasteiger partial charge in [-0.15, -0.1) is 5.10 Å². The molecule has 2 heterocycles. The van der Waals surface area contributed by atoms with Crippen LogP contribution >= 0.6 is 0 Å². The summed E-state index contributed by atoms with van der Waals surface area (Å²) in [5.74, 6) is -2.71. The Morgan fingerprint density at radius 3 is 2.19 bits per heavy atom. The van der Waals surface area contributed by atoms with Crippen LogP contribution < -0.4 is 14.8 Å². The first-order chi connectivity index (χ1) is 28.0. The first-order valence-electron chi connectivity index (χ1n) is 19.2. The number of aromatic amines is 1. The van der Waals surface area contributed by atoms with E-state index >= 15 is 0 Å². The maximum absolute atomic E-state index is 12.9. The molecule has 1 aliphatic rings. The topological polar surface area (TPSA) is 217 Å². The van der Waals surface area contributed by atoms with E-state index in [4.69, 9.17) is 37.9 Å². The van der Waals surface area contributed by atoms with Gasteiger partial charge in [0.15, 0.2) is 12.2 Å². The monoisotopic (exact) mass is 823 g/mol. The van der Waals surface area contributed by atoms with Crippen LogP contribution in [0.1, 0.15) is 95.2 Å². The average Bonchev–Trinajstić information content (AvgIpc) is 3.55. The van der Waals surface area contributed by atoms with E-state index in [1.54, 1.807) is 13.0 Å². The third-order valence-electron chi connectivity index (χ3n) is 9.17. The fourth-order valence-corrected chi connectivity index (χ4v) is 6.39. The lowest BCUT2D eigenvalue weighted by Crippen LogP contribution is -2.63. The van der Waals surface area contributed by atoms with Crippen LogP contribution in [0.2, 0.25) is 0 Å². The van der Waals surface area contributed by atoms with Gasteiger partial charge in [0, 0.05) is 45.4 Å². The summed E-state index contributed by atoms with van der Waals surface area (Å²) in [5.41, 5.74) is 2.84. The van der Waals surface area contributed by atoms with Gasteiger partial charge in [0.1, 0.15) is 30.5 Å². The minimum atomic E-state index is -1.47. The highest BCUT2D eigenvalue weighted by atomic mass is 16.7. The molecule has 6 atom stereocenters. The second-order valence-corrected chi connectivity index (χ2v) is 14.5. The molecule has 0 spiro atoms. The molecule has 1 aromatic heterocycles. The van der Waals surface area contributed by atoms with Gasteiger partial charge in [0.2, 0.25) is 24.2 Å². The van der Waals surface area contributed by atoms with E-state index in [2.05, 4.69) is 15.5 Å². The first-order valence-corrected chi connectivity index (χ1v) is 19.2.